The predicted octanol–water partition coefficient (Wildman–Crippen LogP) is 4.00. The van der Waals surface area contributed by atoms with Crippen LogP contribution in [0.1, 0.15) is 19.4 Å². The van der Waals surface area contributed by atoms with Crippen LogP contribution in [0.15, 0.2) is 60.7 Å². The first kappa shape index (κ1) is 18.2. The first-order valence-corrected chi connectivity index (χ1v) is 9.65. The molecule has 128 valence electrons. The van der Waals surface area contributed by atoms with E-state index >= 15 is 0 Å². The van der Waals surface area contributed by atoms with Crippen LogP contribution in [0.5, 0.6) is 5.75 Å². The molecular weight excluding hydrogens is 325 g/mol. The lowest BCUT2D eigenvalue weighted by molar-refractivity contribution is -0.144. The average molecular weight is 347 g/mol. The van der Waals surface area contributed by atoms with E-state index in [1.807, 2.05) is 36.4 Å². The van der Waals surface area contributed by atoms with Crippen LogP contribution in [0.25, 0.3) is 0 Å². The fourth-order valence-corrected chi connectivity index (χ4v) is 4.25. The molecule has 0 heterocycles. The predicted molar refractivity (Wildman–Crippen MR) is 94.1 cm³/mol. The van der Waals surface area contributed by atoms with Crippen molar-refractivity contribution in [3.63, 3.8) is 0 Å². The number of ether oxygens (including phenoxy) is 1. The Labute approximate surface area is 142 Å². The molecule has 0 bridgehead atoms. The van der Waals surface area contributed by atoms with Crippen molar-refractivity contribution < 1.29 is 18.6 Å². The molecule has 24 heavy (non-hydrogen) atoms. The molecule has 0 saturated heterocycles. The molecule has 6 heteroatoms. The summed E-state index contributed by atoms with van der Waals surface area (Å²) >= 11 is 0. The fraction of sp³-hybridized carbons (Fsp3) is 0.278. The second-order valence-electron chi connectivity index (χ2n) is 5.32. The molecule has 0 aromatic heterocycles. The van der Waals surface area contributed by atoms with E-state index in [0.717, 1.165) is 5.56 Å². The van der Waals surface area contributed by atoms with Gasteiger partial charge in [0.15, 0.2) is 0 Å². The van der Waals surface area contributed by atoms with Gasteiger partial charge >= 0.3 is 13.5 Å². The van der Waals surface area contributed by atoms with Gasteiger partial charge in [0.25, 0.3) is 0 Å². The Morgan fingerprint density at radius 3 is 2.25 bits per heavy atom. The monoisotopic (exact) mass is 347 g/mol. The van der Waals surface area contributed by atoms with Crippen molar-refractivity contribution in [1.82, 2.24) is 5.09 Å². The van der Waals surface area contributed by atoms with Crippen LogP contribution < -0.4 is 9.61 Å². The van der Waals surface area contributed by atoms with Gasteiger partial charge in [-0.1, -0.05) is 48.5 Å². The third-order valence-corrected chi connectivity index (χ3v) is 5.33. The van der Waals surface area contributed by atoms with Gasteiger partial charge < -0.3 is 9.26 Å². The van der Waals surface area contributed by atoms with Crippen molar-refractivity contribution in [2.75, 3.05) is 6.61 Å². The molecule has 2 rings (SSSR count). The van der Waals surface area contributed by atoms with Gasteiger partial charge in [0.1, 0.15) is 11.8 Å². The maximum Gasteiger partial charge on any atom is 0.323 e. The van der Waals surface area contributed by atoms with Crippen molar-refractivity contribution in [2.24, 2.45) is 0 Å². The summed E-state index contributed by atoms with van der Waals surface area (Å²) in [5, 5.41) is 2.83. The number of carbonyl (C=O) groups is 1. The lowest BCUT2D eigenvalue weighted by Crippen LogP contribution is -2.34. The summed E-state index contributed by atoms with van der Waals surface area (Å²) in [7, 11) is -3.35. The molecule has 0 unspecified atom stereocenters. The van der Waals surface area contributed by atoms with E-state index in [9.17, 15) is 9.36 Å². The third kappa shape index (κ3) is 5.52. The summed E-state index contributed by atoms with van der Waals surface area (Å²) < 4.78 is 24.0. The van der Waals surface area contributed by atoms with Crippen LogP contribution in [-0.2, 0) is 20.3 Å². The van der Waals surface area contributed by atoms with Crippen molar-refractivity contribution in [3.05, 3.63) is 66.2 Å². The van der Waals surface area contributed by atoms with E-state index in [0.29, 0.717) is 5.75 Å². The molecule has 2 aromatic rings. The number of nitrogens with one attached hydrogen (secondary N) is 1. The van der Waals surface area contributed by atoms with Gasteiger partial charge in [0.05, 0.1) is 12.8 Å². The molecule has 0 spiro atoms. The van der Waals surface area contributed by atoms with Gasteiger partial charge in [-0.25, -0.2) is 5.09 Å². The van der Waals surface area contributed by atoms with Crippen LogP contribution in [0.4, 0.5) is 0 Å². The smallest absolute Gasteiger partial charge is 0.323 e. The molecule has 2 atom stereocenters. The van der Waals surface area contributed by atoms with Crippen LogP contribution >= 0.6 is 7.52 Å². The second-order valence-corrected chi connectivity index (χ2v) is 7.43. The molecule has 0 amide bonds. The second kappa shape index (κ2) is 8.67. The Balaban J connectivity index is 2.20. The quantitative estimate of drug-likeness (QED) is 0.578. The molecule has 0 aliphatic carbocycles. The SMILES string of the molecule is CCOC(=O)[C@H](C)N[P@](=O)(Cc1ccccc1)Oc1ccccc1. The highest BCUT2D eigenvalue weighted by atomic mass is 31.2. The van der Waals surface area contributed by atoms with Gasteiger partial charge in [0.2, 0.25) is 0 Å². The number of para-hydroxylation sites is 1. The number of rotatable bonds is 8. The normalized spacial score (nSPS) is 14.4. The summed E-state index contributed by atoms with van der Waals surface area (Å²) in [5.74, 6) is 0.0303. The number of esters is 1. The Kier molecular flexibility index (Phi) is 6.59. The number of benzene rings is 2. The number of carbonyl (C=O) groups excluding carboxylic acids is 1. The van der Waals surface area contributed by atoms with E-state index < -0.39 is 19.5 Å². The maximum atomic E-state index is 13.3. The third-order valence-electron chi connectivity index (χ3n) is 3.26. The number of hydrogen-bond acceptors (Lipinski definition) is 4. The van der Waals surface area contributed by atoms with Crippen LogP contribution in [0.2, 0.25) is 0 Å². The first-order valence-electron chi connectivity index (χ1n) is 7.84. The van der Waals surface area contributed by atoms with Gasteiger partial charge in [-0.15, -0.1) is 0 Å². The molecule has 2 aromatic carbocycles. The molecule has 0 radical (unpaired) electrons. The average Bonchev–Trinajstić information content (AvgIpc) is 2.56. The Morgan fingerprint density at radius 1 is 1.08 bits per heavy atom. The molecule has 0 saturated carbocycles. The highest BCUT2D eigenvalue weighted by molar-refractivity contribution is 7.56. The van der Waals surface area contributed by atoms with Crippen molar-refractivity contribution in [3.8, 4) is 5.75 Å². The van der Waals surface area contributed by atoms with E-state index in [2.05, 4.69) is 5.09 Å². The zero-order valence-corrected chi connectivity index (χ0v) is 14.7. The minimum atomic E-state index is -3.35. The van der Waals surface area contributed by atoms with E-state index in [-0.39, 0.29) is 12.8 Å². The lowest BCUT2D eigenvalue weighted by atomic mass is 10.2. The molecule has 0 aliphatic rings. The summed E-state index contributed by atoms with van der Waals surface area (Å²) in [4.78, 5) is 11.9. The Morgan fingerprint density at radius 2 is 1.67 bits per heavy atom. The molecule has 0 fully saturated rings. The fourth-order valence-electron chi connectivity index (χ4n) is 2.19. The highest BCUT2D eigenvalue weighted by Gasteiger charge is 2.30. The molecule has 5 nitrogen and oxygen atoms in total. The van der Waals surface area contributed by atoms with Gasteiger partial charge in [0, 0.05) is 0 Å². The lowest BCUT2D eigenvalue weighted by Gasteiger charge is -2.23. The number of hydrogen-bond donors (Lipinski definition) is 1. The summed E-state index contributed by atoms with van der Waals surface area (Å²) in [5.41, 5.74) is 0.861. The Bertz CT molecular complexity index is 645. The first-order chi connectivity index (χ1) is 11.5. The highest BCUT2D eigenvalue weighted by Crippen LogP contribution is 2.46. The van der Waals surface area contributed by atoms with Gasteiger partial charge in [-0.3, -0.25) is 9.36 Å². The zero-order valence-electron chi connectivity index (χ0n) is 13.8. The molecule has 1 N–H and O–H groups in total. The molecule has 0 aliphatic heterocycles. The Hall–Kier alpha value is -2.10. The minimum Gasteiger partial charge on any atom is -0.465 e. The standard InChI is InChI=1S/C18H22NO4P/c1-3-22-18(20)15(2)19-24(21,14-16-10-6-4-7-11-16)23-17-12-8-5-9-13-17/h4-13,15H,3,14H2,1-2H3,(H,19,21)/t15-,24-/m0/s1. The maximum absolute atomic E-state index is 13.3. The van der Waals surface area contributed by atoms with Crippen LogP contribution in [0.3, 0.4) is 0 Å². The van der Waals surface area contributed by atoms with Gasteiger partial charge in [-0.05, 0) is 31.5 Å². The summed E-state index contributed by atoms with van der Waals surface area (Å²) in [6.07, 6.45) is 0.173. The topological polar surface area (TPSA) is 64.6 Å². The largest absolute Gasteiger partial charge is 0.465 e. The van der Waals surface area contributed by atoms with E-state index in [1.165, 1.54) is 0 Å². The van der Waals surface area contributed by atoms with E-state index in [4.69, 9.17) is 9.26 Å². The van der Waals surface area contributed by atoms with Crippen molar-refractivity contribution >= 4 is 13.5 Å². The van der Waals surface area contributed by atoms with Crippen LogP contribution in [0, 0.1) is 0 Å². The minimum absolute atomic E-state index is 0.173. The van der Waals surface area contributed by atoms with Crippen molar-refractivity contribution in [2.45, 2.75) is 26.1 Å². The van der Waals surface area contributed by atoms with Crippen LogP contribution in [-0.4, -0.2) is 18.6 Å². The van der Waals surface area contributed by atoms with E-state index in [1.54, 1.807) is 38.1 Å². The van der Waals surface area contributed by atoms with Gasteiger partial charge in [-0.2, -0.15) is 0 Å². The summed E-state index contributed by atoms with van der Waals surface area (Å²) in [6.45, 7) is 3.62. The molecular formula is C18H22NO4P. The zero-order chi connectivity index (χ0) is 17.4. The summed E-state index contributed by atoms with van der Waals surface area (Å²) in [6, 6.07) is 17.6. The van der Waals surface area contributed by atoms with Crippen molar-refractivity contribution in [1.29, 1.82) is 0 Å².